The van der Waals surface area contributed by atoms with E-state index in [9.17, 15) is 5.11 Å². The van der Waals surface area contributed by atoms with E-state index < -0.39 is 5.60 Å². The Kier molecular flexibility index (Phi) is 4.21. The fourth-order valence-corrected chi connectivity index (χ4v) is 0.832. The normalized spacial score (nSPS) is 13.5. The standard InChI is InChI=1S/C10H23NO/c1-6-9(2,3)11-8-7-10(4,5)12/h11-12H,6-8H2,1-5H3. The molecule has 0 rings (SSSR count). The summed E-state index contributed by atoms with van der Waals surface area (Å²) in [6.45, 7) is 11.1. The van der Waals surface area contributed by atoms with Crippen molar-refractivity contribution < 1.29 is 5.11 Å². The predicted molar refractivity (Wildman–Crippen MR) is 53.3 cm³/mol. The molecule has 0 atom stereocenters. The molecular weight excluding hydrogens is 150 g/mol. The van der Waals surface area contributed by atoms with E-state index in [0.29, 0.717) is 0 Å². The Morgan fingerprint density at radius 3 is 2.00 bits per heavy atom. The van der Waals surface area contributed by atoms with E-state index in [-0.39, 0.29) is 5.54 Å². The number of rotatable bonds is 5. The third kappa shape index (κ3) is 6.62. The Balaban J connectivity index is 3.57. The van der Waals surface area contributed by atoms with Gasteiger partial charge < -0.3 is 10.4 Å². The molecule has 0 unspecified atom stereocenters. The molecule has 0 aromatic rings. The highest BCUT2D eigenvalue weighted by Gasteiger charge is 2.16. The van der Waals surface area contributed by atoms with Crippen LogP contribution in [0.3, 0.4) is 0 Å². The zero-order valence-corrected chi connectivity index (χ0v) is 9.07. The lowest BCUT2D eigenvalue weighted by molar-refractivity contribution is 0.0689. The fraction of sp³-hybridized carbons (Fsp3) is 1.00. The summed E-state index contributed by atoms with van der Waals surface area (Å²) >= 11 is 0. The molecule has 0 heterocycles. The smallest absolute Gasteiger partial charge is 0.0603 e. The number of aliphatic hydroxyl groups is 1. The molecule has 0 spiro atoms. The van der Waals surface area contributed by atoms with Gasteiger partial charge in [0.25, 0.3) is 0 Å². The molecule has 0 saturated heterocycles. The Hall–Kier alpha value is -0.0800. The summed E-state index contributed by atoms with van der Waals surface area (Å²) in [5.74, 6) is 0. The van der Waals surface area contributed by atoms with E-state index in [4.69, 9.17) is 0 Å². The van der Waals surface area contributed by atoms with Crippen LogP contribution in [0.15, 0.2) is 0 Å². The first-order valence-corrected chi connectivity index (χ1v) is 4.74. The van der Waals surface area contributed by atoms with Crippen LogP contribution in [0, 0.1) is 0 Å². The van der Waals surface area contributed by atoms with Crippen LogP contribution in [0.25, 0.3) is 0 Å². The van der Waals surface area contributed by atoms with Gasteiger partial charge in [0.15, 0.2) is 0 Å². The average molecular weight is 173 g/mol. The van der Waals surface area contributed by atoms with Crippen LogP contribution in [-0.2, 0) is 0 Å². The molecule has 74 valence electrons. The van der Waals surface area contributed by atoms with Gasteiger partial charge in [-0.25, -0.2) is 0 Å². The molecule has 2 N–H and O–H groups in total. The molecule has 0 bridgehead atoms. The molecule has 0 aliphatic heterocycles. The summed E-state index contributed by atoms with van der Waals surface area (Å²) in [7, 11) is 0. The Morgan fingerprint density at radius 2 is 1.67 bits per heavy atom. The zero-order valence-electron chi connectivity index (χ0n) is 9.07. The third-order valence-corrected chi connectivity index (χ3v) is 2.22. The highest BCUT2D eigenvalue weighted by atomic mass is 16.3. The van der Waals surface area contributed by atoms with Crippen molar-refractivity contribution in [3.8, 4) is 0 Å². The lowest BCUT2D eigenvalue weighted by Crippen LogP contribution is -2.41. The molecule has 0 amide bonds. The Morgan fingerprint density at radius 1 is 1.17 bits per heavy atom. The van der Waals surface area contributed by atoms with Crippen molar-refractivity contribution in [3.63, 3.8) is 0 Å². The summed E-state index contributed by atoms with van der Waals surface area (Å²) in [5, 5.41) is 12.9. The molecule has 2 heteroatoms. The molecule has 0 aliphatic carbocycles. The topological polar surface area (TPSA) is 32.3 Å². The molecule has 0 fully saturated rings. The van der Waals surface area contributed by atoms with E-state index in [0.717, 1.165) is 19.4 Å². The summed E-state index contributed by atoms with van der Waals surface area (Å²) in [5.41, 5.74) is -0.345. The molecule has 2 nitrogen and oxygen atoms in total. The van der Waals surface area contributed by atoms with Crippen LogP contribution >= 0.6 is 0 Å². The van der Waals surface area contributed by atoms with Crippen LogP contribution in [0.1, 0.15) is 47.5 Å². The van der Waals surface area contributed by atoms with Gasteiger partial charge in [0.1, 0.15) is 0 Å². The molecule has 12 heavy (non-hydrogen) atoms. The first-order chi connectivity index (χ1) is 5.27. The van der Waals surface area contributed by atoms with Gasteiger partial charge in [-0.05, 0) is 47.1 Å². The second-order valence-corrected chi connectivity index (χ2v) is 4.73. The van der Waals surface area contributed by atoms with Gasteiger partial charge in [-0.15, -0.1) is 0 Å². The van der Waals surface area contributed by atoms with Crippen molar-refractivity contribution in [2.45, 2.75) is 58.6 Å². The van der Waals surface area contributed by atoms with E-state index >= 15 is 0 Å². The maximum Gasteiger partial charge on any atom is 0.0603 e. The van der Waals surface area contributed by atoms with Crippen LogP contribution in [0.4, 0.5) is 0 Å². The summed E-state index contributed by atoms with van der Waals surface area (Å²) in [6.07, 6.45) is 1.91. The lowest BCUT2D eigenvalue weighted by atomic mass is 10.00. The number of nitrogens with one attached hydrogen (secondary N) is 1. The monoisotopic (exact) mass is 173 g/mol. The second-order valence-electron chi connectivity index (χ2n) is 4.73. The highest BCUT2D eigenvalue weighted by Crippen LogP contribution is 2.10. The predicted octanol–water partition coefficient (Wildman–Crippen LogP) is 1.93. The van der Waals surface area contributed by atoms with Crippen LogP contribution in [0.2, 0.25) is 0 Å². The van der Waals surface area contributed by atoms with Crippen LogP contribution in [-0.4, -0.2) is 22.8 Å². The summed E-state index contributed by atoms with van der Waals surface area (Å²) < 4.78 is 0. The number of hydrogen-bond donors (Lipinski definition) is 2. The van der Waals surface area contributed by atoms with Gasteiger partial charge in [0, 0.05) is 5.54 Å². The minimum atomic E-state index is -0.545. The van der Waals surface area contributed by atoms with E-state index in [1.807, 2.05) is 13.8 Å². The molecule has 0 radical (unpaired) electrons. The largest absolute Gasteiger partial charge is 0.390 e. The van der Waals surface area contributed by atoms with Crippen molar-refractivity contribution >= 4 is 0 Å². The van der Waals surface area contributed by atoms with Gasteiger partial charge in [0.05, 0.1) is 5.60 Å². The van der Waals surface area contributed by atoms with Crippen molar-refractivity contribution in [1.29, 1.82) is 0 Å². The Bertz CT molecular complexity index is 124. The second kappa shape index (κ2) is 4.24. The summed E-state index contributed by atoms with van der Waals surface area (Å²) in [6, 6.07) is 0. The molecule has 0 aromatic carbocycles. The quantitative estimate of drug-likeness (QED) is 0.666. The van der Waals surface area contributed by atoms with E-state index in [1.165, 1.54) is 0 Å². The molecule has 0 aliphatic rings. The maximum absolute atomic E-state index is 9.45. The average Bonchev–Trinajstić information content (AvgIpc) is 1.84. The third-order valence-electron chi connectivity index (χ3n) is 2.22. The van der Waals surface area contributed by atoms with Gasteiger partial charge in [-0.3, -0.25) is 0 Å². The van der Waals surface area contributed by atoms with E-state index in [2.05, 4.69) is 26.1 Å². The van der Waals surface area contributed by atoms with Crippen molar-refractivity contribution in [1.82, 2.24) is 5.32 Å². The molecular formula is C10H23NO. The first-order valence-electron chi connectivity index (χ1n) is 4.74. The highest BCUT2D eigenvalue weighted by molar-refractivity contribution is 4.77. The molecule has 0 aromatic heterocycles. The Labute approximate surface area is 76.4 Å². The first kappa shape index (κ1) is 11.9. The van der Waals surface area contributed by atoms with Gasteiger partial charge in [-0.2, -0.15) is 0 Å². The van der Waals surface area contributed by atoms with Gasteiger partial charge >= 0.3 is 0 Å². The van der Waals surface area contributed by atoms with Crippen molar-refractivity contribution in [3.05, 3.63) is 0 Å². The SMILES string of the molecule is CCC(C)(C)NCCC(C)(C)O. The summed E-state index contributed by atoms with van der Waals surface area (Å²) in [4.78, 5) is 0. The fourth-order valence-electron chi connectivity index (χ4n) is 0.832. The zero-order chi connectivity index (χ0) is 9.83. The van der Waals surface area contributed by atoms with Gasteiger partial charge in [-0.1, -0.05) is 6.92 Å². The maximum atomic E-state index is 9.45. The van der Waals surface area contributed by atoms with Crippen LogP contribution < -0.4 is 5.32 Å². The van der Waals surface area contributed by atoms with Crippen LogP contribution in [0.5, 0.6) is 0 Å². The lowest BCUT2D eigenvalue weighted by Gasteiger charge is -2.26. The van der Waals surface area contributed by atoms with Crippen molar-refractivity contribution in [2.75, 3.05) is 6.54 Å². The number of hydrogen-bond acceptors (Lipinski definition) is 2. The van der Waals surface area contributed by atoms with E-state index in [1.54, 1.807) is 0 Å². The minimum Gasteiger partial charge on any atom is -0.390 e. The van der Waals surface area contributed by atoms with Gasteiger partial charge in [0.2, 0.25) is 0 Å². The minimum absolute atomic E-state index is 0.200. The van der Waals surface area contributed by atoms with Crippen molar-refractivity contribution in [2.24, 2.45) is 0 Å². The molecule has 0 saturated carbocycles.